The highest BCUT2D eigenvalue weighted by Crippen LogP contribution is 2.14. The van der Waals surface area contributed by atoms with Gasteiger partial charge in [-0.2, -0.15) is 0 Å². The summed E-state index contributed by atoms with van der Waals surface area (Å²) in [6, 6.07) is 17.4. The minimum Gasteiger partial charge on any atom is -0.494 e. The summed E-state index contributed by atoms with van der Waals surface area (Å²) in [5, 5.41) is 3.08. The molecule has 0 unspecified atom stereocenters. The number of benzene rings is 2. The Morgan fingerprint density at radius 1 is 0.967 bits per heavy atom. The minimum absolute atomic E-state index is 0.0154. The van der Waals surface area contributed by atoms with Crippen molar-refractivity contribution in [3.63, 3.8) is 0 Å². The van der Waals surface area contributed by atoms with Crippen LogP contribution in [0.5, 0.6) is 11.5 Å². The van der Waals surface area contributed by atoms with Gasteiger partial charge < -0.3 is 19.7 Å². The van der Waals surface area contributed by atoms with E-state index >= 15 is 0 Å². The second-order valence-electron chi connectivity index (χ2n) is 7.59. The van der Waals surface area contributed by atoms with E-state index in [2.05, 4.69) is 5.32 Å². The van der Waals surface area contributed by atoms with Crippen LogP contribution in [-0.4, -0.2) is 49.1 Å². The highest BCUT2D eigenvalue weighted by atomic mass is 16.5. The Kier molecular flexibility index (Phi) is 8.12. The number of piperidine rings is 1. The van der Waals surface area contributed by atoms with E-state index in [0.29, 0.717) is 38.3 Å². The van der Waals surface area contributed by atoms with Gasteiger partial charge in [-0.1, -0.05) is 35.9 Å². The topological polar surface area (TPSA) is 67.9 Å². The summed E-state index contributed by atoms with van der Waals surface area (Å²) >= 11 is 0. The SMILES string of the molecule is Cc1ccc(OCC(=O)N2CCC(NC(=O)CCCOc3ccccc3)CC2)cc1. The first kappa shape index (κ1) is 21.7. The van der Waals surface area contributed by atoms with Gasteiger partial charge in [0.15, 0.2) is 6.61 Å². The summed E-state index contributed by atoms with van der Waals surface area (Å²) in [4.78, 5) is 26.3. The van der Waals surface area contributed by atoms with Gasteiger partial charge in [0.2, 0.25) is 5.91 Å². The fourth-order valence-electron chi connectivity index (χ4n) is 3.38. The molecular weight excluding hydrogens is 380 g/mol. The highest BCUT2D eigenvalue weighted by Gasteiger charge is 2.24. The van der Waals surface area contributed by atoms with E-state index in [1.54, 1.807) is 0 Å². The maximum Gasteiger partial charge on any atom is 0.260 e. The Hall–Kier alpha value is -3.02. The summed E-state index contributed by atoms with van der Waals surface area (Å²) in [5.74, 6) is 1.55. The zero-order valence-corrected chi connectivity index (χ0v) is 17.5. The molecule has 2 aromatic carbocycles. The number of carbonyl (C=O) groups is 2. The molecule has 0 aliphatic carbocycles. The van der Waals surface area contributed by atoms with E-state index in [1.165, 1.54) is 0 Å². The second-order valence-corrected chi connectivity index (χ2v) is 7.59. The molecule has 1 aliphatic rings. The Morgan fingerprint density at radius 2 is 1.63 bits per heavy atom. The molecule has 3 rings (SSSR count). The van der Waals surface area contributed by atoms with Crippen molar-refractivity contribution in [3.05, 3.63) is 60.2 Å². The number of hydrogen-bond acceptors (Lipinski definition) is 4. The van der Waals surface area contributed by atoms with Crippen molar-refractivity contribution in [2.24, 2.45) is 0 Å². The Labute approximate surface area is 178 Å². The first-order valence-corrected chi connectivity index (χ1v) is 10.5. The number of amides is 2. The van der Waals surface area contributed by atoms with Crippen LogP contribution in [0.25, 0.3) is 0 Å². The minimum atomic E-state index is -0.0154. The van der Waals surface area contributed by atoms with Gasteiger partial charge in [-0.15, -0.1) is 0 Å². The number of para-hydroxylation sites is 1. The molecule has 160 valence electrons. The number of carbonyl (C=O) groups excluding carboxylic acids is 2. The van der Waals surface area contributed by atoms with Crippen LogP contribution in [0.4, 0.5) is 0 Å². The molecule has 1 saturated heterocycles. The molecule has 6 heteroatoms. The molecular formula is C24H30N2O4. The van der Waals surface area contributed by atoms with Crippen molar-refractivity contribution in [3.8, 4) is 11.5 Å². The van der Waals surface area contributed by atoms with E-state index in [0.717, 1.165) is 24.2 Å². The lowest BCUT2D eigenvalue weighted by molar-refractivity contribution is -0.134. The molecule has 30 heavy (non-hydrogen) atoms. The molecule has 1 heterocycles. The van der Waals surface area contributed by atoms with Crippen LogP contribution < -0.4 is 14.8 Å². The fraction of sp³-hybridized carbons (Fsp3) is 0.417. The van der Waals surface area contributed by atoms with Crippen LogP contribution in [0, 0.1) is 6.92 Å². The number of likely N-dealkylation sites (tertiary alicyclic amines) is 1. The van der Waals surface area contributed by atoms with Gasteiger partial charge in [0.25, 0.3) is 5.91 Å². The molecule has 1 N–H and O–H groups in total. The van der Waals surface area contributed by atoms with Crippen LogP contribution in [0.1, 0.15) is 31.2 Å². The number of aryl methyl sites for hydroxylation is 1. The van der Waals surface area contributed by atoms with Crippen molar-refractivity contribution in [1.29, 1.82) is 0 Å². The third kappa shape index (κ3) is 7.10. The van der Waals surface area contributed by atoms with Crippen LogP contribution in [-0.2, 0) is 9.59 Å². The van der Waals surface area contributed by atoms with Gasteiger partial charge in [0.1, 0.15) is 11.5 Å². The summed E-state index contributed by atoms with van der Waals surface area (Å²) < 4.78 is 11.2. The smallest absolute Gasteiger partial charge is 0.260 e. The molecule has 0 bridgehead atoms. The quantitative estimate of drug-likeness (QED) is 0.644. The van der Waals surface area contributed by atoms with Gasteiger partial charge in [0.05, 0.1) is 6.61 Å². The van der Waals surface area contributed by atoms with E-state index in [4.69, 9.17) is 9.47 Å². The van der Waals surface area contributed by atoms with Gasteiger partial charge in [-0.3, -0.25) is 9.59 Å². The van der Waals surface area contributed by atoms with Crippen molar-refractivity contribution in [2.45, 2.75) is 38.6 Å². The Balaban J connectivity index is 1.28. The van der Waals surface area contributed by atoms with Crippen molar-refractivity contribution in [1.82, 2.24) is 10.2 Å². The Bertz CT molecular complexity index is 800. The van der Waals surface area contributed by atoms with Gasteiger partial charge in [-0.05, 0) is 50.5 Å². The molecule has 2 aromatic rings. The zero-order valence-electron chi connectivity index (χ0n) is 17.5. The lowest BCUT2D eigenvalue weighted by Gasteiger charge is -2.32. The van der Waals surface area contributed by atoms with Gasteiger partial charge in [-0.25, -0.2) is 0 Å². The first-order chi connectivity index (χ1) is 14.6. The van der Waals surface area contributed by atoms with E-state index in [9.17, 15) is 9.59 Å². The molecule has 1 aliphatic heterocycles. The number of nitrogens with zero attached hydrogens (tertiary/aromatic N) is 1. The lowest BCUT2D eigenvalue weighted by Crippen LogP contribution is -2.47. The van der Waals surface area contributed by atoms with E-state index in [-0.39, 0.29) is 24.5 Å². The number of hydrogen-bond donors (Lipinski definition) is 1. The number of ether oxygens (including phenoxy) is 2. The van der Waals surface area contributed by atoms with Crippen LogP contribution >= 0.6 is 0 Å². The first-order valence-electron chi connectivity index (χ1n) is 10.5. The maximum absolute atomic E-state index is 12.4. The third-order valence-electron chi connectivity index (χ3n) is 5.16. The largest absolute Gasteiger partial charge is 0.494 e. The molecule has 1 fully saturated rings. The molecule has 6 nitrogen and oxygen atoms in total. The molecule has 2 amide bonds. The van der Waals surface area contributed by atoms with E-state index < -0.39 is 0 Å². The van der Waals surface area contributed by atoms with Crippen molar-refractivity contribution >= 4 is 11.8 Å². The number of rotatable bonds is 9. The lowest BCUT2D eigenvalue weighted by atomic mass is 10.0. The molecule has 0 aromatic heterocycles. The average Bonchev–Trinajstić information content (AvgIpc) is 2.77. The monoisotopic (exact) mass is 410 g/mol. The van der Waals surface area contributed by atoms with Crippen LogP contribution in [0.2, 0.25) is 0 Å². The van der Waals surface area contributed by atoms with Crippen molar-refractivity contribution in [2.75, 3.05) is 26.3 Å². The number of nitrogens with one attached hydrogen (secondary N) is 1. The molecule has 0 saturated carbocycles. The van der Waals surface area contributed by atoms with Crippen molar-refractivity contribution < 1.29 is 19.1 Å². The summed E-state index contributed by atoms with van der Waals surface area (Å²) in [6.07, 6.45) is 2.65. The highest BCUT2D eigenvalue weighted by molar-refractivity contribution is 5.78. The summed E-state index contributed by atoms with van der Waals surface area (Å²) in [7, 11) is 0. The average molecular weight is 411 g/mol. The standard InChI is InChI=1S/C24H30N2O4/c1-19-9-11-22(12-10-19)30-18-24(28)26-15-13-20(14-16-26)25-23(27)8-5-17-29-21-6-3-2-4-7-21/h2-4,6-7,9-12,20H,5,8,13-18H2,1H3,(H,25,27). The van der Waals surface area contributed by atoms with Crippen LogP contribution in [0.3, 0.4) is 0 Å². The Morgan fingerprint density at radius 3 is 2.33 bits per heavy atom. The summed E-state index contributed by atoms with van der Waals surface area (Å²) in [5.41, 5.74) is 1.15. The molecule has 0 atom stereocenters. The van der Waals surface area contributed by atoms with E-state index in [1.807, 2.05) is 66.4 Å². The fourth-order valence-corrected chi connectivity index (χ4v) is 3.38. The normalized spacial score (nSPS) is 14.2. The predicted octanol–water partition coefficient (Wildman–Crippen LogP) is 3.34. The van der Waals surface area contributed by atoms with Gasteiger partial charge >= 0.3 is 0 Å². The molecule has 0 radical (unpaired) electrons. The zero-order chi connectivity index (χ0) is 21.2. The third-order valence-corrected chi connectivity index (χ3v) is 5.16. The van der Waals surface area contributed by atoms with Gasteiger partial charge in [0, 0.05) is 25.6 Å². The molecule has 0 spiro atoms. The maximum atomic E-state index is 12.4. The second kappa shape index (κ2) is 11.2. The van der Waals surface area contributed by atoms with Crippen LogP contribution in [0.15, 0.2) is 54.6 Å². The summed E-state index contributed by atoms with van der Waals surface area (Å²) in [6.45, 7) is 3.85. The predicted molar refractivity (Wildman–Crippen MR) is 116 cm³/mol.